The molecular formula is C8H6N2O2. The third-order valence-electron chi connectivity index (χ3n) is 1.63. The molecule has 12 heavy (non-hydrogen) atoms. The Morgan fingerprint density at radius 3 is 2.92 bits per heavy atom. The van der Waals surface area contributed by atoms with Crippen LogP contribution in [0.2, 0.25) is 0 Å². The lowest BCUT2D eigenvalue weighted by Crippen LogP contribution is -2.17. The van der Waals surface area contributed by atoms with Crippen LogP contribution in [0.1, 0.15) is 0 Å². The molecule has 0 bridgehead atoms. The summed E-state index contributed by atoms with van der Waals surface area (Å²) < 4.78 is 0.586. The van der Waals surface area contributed by atoms with Crippen LogP contribution in [0.5, 0.6) is 0 Å². The molecule has 1 aromatic heterocycles. The topological polar surface area (TPSA) is 55.1 Å². The van der Waals surface area contributed by atoms with Crippen LogP contribution in [0.4, 0.5) is 0 Å². The predicted octanol–water partition coefficient (Wildman–Crippen LogP) is 0.634. The van der Waals surface area contributed by atoms with E-state index in [0.717, 1.165) is 6.20 Å². The monoisotopic (exact) mass is 162 g/mol. The van der Waals surface area contributed by atoms with E-state index in [4.69, 9.17) is 0 Å². The van der Waals surface area contributed by atoms with Crippen molar-refractivity contribution < 1.29 is 5.21 Å². The van der Waals surface area contributed by atoms with Crippen LogP contribution in [0.3, 0.4) is 0 Å². The van der Waals surface area contributed by atoms with Crippen LogP contribution < -0.4 is 5.56 Å². The van der Waals surface area contributed by atoms with Gasteiger partial charge in [0.1, 0.15) is 5.52 Å². The molecule has 0 saturated heterocycles. The standard InChI is InChI=1S/C8H6N2O2/c11-8-5-9-6-3-1-2-4-7(6)10(8)12/h1-5,12H. The Hall–Kier alpha value is -1.84. The molecule has 0 unspecified atom stereocenters. The van der Waals surface area contributed by atoms with Crippen molar-refractivity contribution in [2.45, 2.75) is 0 Å². The van der Waals surface area contributed by atoms with Gasteiger partial charge in [-0.15, -0.1) is 4.73 Å². The number of hydrogen-bond acceptors (Lipinski definition) is 3. The average molecular weight is 162 g/mol. The maximum absolute atomic E-state index is 10.9. The molecule has 4 heteroatoms. The summed E-state index contributed by atoms with van der Waals surface area (Å²) in [6, 6.07) is 6.88. The Bertz CT molecular complexity index is 476. The first-order chi connectivity index (χ1) is 5.79. The zero-order valence-corrected chi connectivity index (χ0v) is 6.14. The second-order valence-corrected chi connectivity index (χ2v) is 2.40. The van der Waals surface area contributed by atoms with Gasteiger partial charge in [0.25, 0.3) is 0 Å². The average Bonchev–Trinajstić information content (AvgIpc) is 2.12. The summed E-state index contributed by atoms with van der Waals surface area (Å²) in [5.74, 6) is 0. The van der Waals surface area contributed by atoms with Crippen molar-refractivity contribution in [2.75, 3.05) is 0 Å². The molecule has 1 N–H and O–H groups in total. The molecule has 60 valence electrons. The zero-order valence-electron chi connectivity index (χ0n) is 6.14. The molecule has 0 radical (unpaired) electrons. The minimum Gasteiger partial charge on any atom is -0.425 e. The van der Waals surface area contributed by atoms with Crippen molar-refractivity contribution in [3.8, 4) is 0 Å². The van der Waals surface area contributed by atoms with Crippen molar-refractivity contribution in [1.29, 1.82) is 0 Å². The van der Waals surface area contributed by atoms with Crippen molar-refractivity contribution in [3.05, 3.63) is 40.8 Å². The van der Waals surface area contributed by atoms with E-state index in [2.05, 4.69) is 4.98 Å². The maximum Gasteiger partial charge on any atom is 0.301 e. The van der Waals surface area contributed by atoms with Crippen LogP contribution in [0.15, 0.2) is 35.3 Å². The Kier molecular flexibility index (Phi) is 1.33. The summed E-state index contributed by atoms with van der Waals surface area (Å²) in [6.45, 7) is 0. The number of aromatic nitrogens is 2. The van der Waals surface area contributed by atoms with E-state index in [0.29, 0.717) is 15.8 Å². The fourth-order valence-electron chi connectivity index (χ4n) is 1.05. The number of nitrogens with zero attached hydrogens (tertiary/aromatic N) is 2. The third kappa shape index (κ3) is 0.852. The Morgan fingerprint density at radius 1 is 1.33 bits per heavy atom. The van der Waals surface area contributed by atoms with Gasteiger partial charge in [-0.3, -0.25) is 4.79 Å². The van der Waals surface area contributed by atoms with Gasteiger partial charge < -0.3 is 5.21 Å². The van der Waals surface area contributed by atoms with Gasteiger partial charge in [0.15, 0.2) is 0 Å². The van der Waals surface area contributed by atoms with Crippen LogP contribution >= 0.6 is 0 Å². The van der Waals surface area contributed by atoms with Gasteiger partial charge in [-0.05, 0) is 12.1 Å². The smallest absolute Gasteiger partial charge is 0.301 e. The number of fused-ring (bicyclic) bond motifs is 1. The molecule has 2 rings (SSSR count). The van der Waals surface area contributed by atoms with Gasteiger partial charge >= 0.3 is 5.56 Å². The highest BCUT2D eigenvalue weighted by atomic mass is 16.5. The summed E-state index contributed by atoms with van der Waals surface area (Å²) >= 11 is 0. The van der Waals surface area contributed by atoms with E-state index >= 15 is 0 Å². The van der Waals surface area contributed by atoms with Crippen molar-refractivity contribution in [3.63, 3.8) is 0 Å². The van der Waals surface area contributed by atoms with Crippen LogP contribution in [-0.2, 0) is 0 Å². The molecule has 0 fully saturated rings. The van der Waals surface area contributed by atoms with E-state index in [1.165, 1.54) is 0 Å². The minimum atomic E-state index is -0.520. The van der Waals surface area contributed by atoms with Gasteiger partial charge in [0.2, 0.25) is 0 Å². The molecule has 0 saturated carbocycles. The lowest BCUT2D eigenvalue weighted by Gasteiger charge is -1.99. The highest BCUT2D eigenvalue weighted by Gasteiger charge is 1.99. The number of hydrogen-bond donors (Lipinski definition) is 1. The Labute approximate surface area is 67.7 Å². The first-order valence-corrected chi connectivity index (χ1v) is 3.45. The quantitative estimate of drug-likeness (QED) is 0.578. The van der Waals surface area contributed by atoms with Crippen molar-refractivity contribution in [2.24, 2.45) is 0 Å². The fraction of sp³-hybridized carbons (Fsp3) is 0. The van der Waals surface area contributed by atoms with Gasteiger partial charge in [-0.2, -0.15) is 0 Å². The lowest BCUT2D eigenvalue weighted by atomic mass is 10.3. The Balaban J connectivity index is 3.01. The molecule has 0 aliphatic heterocycles. The van der Waals surface area contributed by atoms with Crippen LogP contribution in [-0.4, -0.2) is 14.9 Å². The van der Waals surface area contributed by atoms with E-state index in [9.17, 15) is 10.0 Å². The first kappa shape index (κ1) is 6.84. The lowest BCUT2D eigenvalue weighted by molar-refractivity contribution is 0.188. The largest absolute Gasteiger partial charge is 0.425 e. The van der Waals surface area contributed by atoms with Gasteiger partial charge in [-0.1, -0.05) is 12.1 Å². The summed E-state index contributed by atoms with van der Waals surface area (Å²) in [4.78, 5) is 14.7. The SMILES string of the molecule is O=c1cnc2ccccc2n1O. The summed E-state index contributed by atoms with van der Waals surface area (Å²) in [5, 5.41) is 9.22. The first-order valence-electron chi connectivity index (χ1n) is 3.45. The van der Waals surface area contributed by atoms with Crippen LogP contribution in [0, 0.1) is 0 Å². The molecule has 0 aliphatic carbocycles. The third-order valence-corrected chi connectivity index (χ3v) is 1.63. The molecule has 0 spiro atoms. The highest BCUT2D eigenvalue weighted by Crippen LogP contribution is 2.05. The maximum atomic E-state index is 10.9. The zero-order chi connectivity index (χ0) is 8.55. The predicted molar refractivity (Wildman–Crippen MR) is 43.2 cm³/mol. The molecule has 0 aliphatic rings. The van der Waals surface area contributed by atoms with Crippen molar-refractivity contribution >= 4 is 11.0 Å². The molecule has 2 aromatic rings. The van der Waals surface area contributed by atoms with E-state index in [-0.39, 0.29) is 0 Å². The number of para-hydroxylation sites is 2. The van der Waals surface area contributed by atoms with E-state index < -0.39 is 5.56 Å². The summed E-state index contributed by atoms with van der Waals surface area (Å²) in [5.41, 5.74) is 0.498. The molecule has 0 atom stereocenters. The van der Waals surface area contributed by atoms with Gasteiger partial charge in [0, 0.05) is 0 Å². The molecular weight excluding hydrogens is 156 g/mol. The molecule has 0 amide bonds. The fourth-order valence-corrected chi connectivity index (χ4v) is 1.05. The molecule has 4 nitrogen and oxygen atoms in total. The molecule has 1 aromatic carbocycles. The summed E-state index contributed by atoms with van der Waals surface area (Å²) in [6.07, 6.45) is 1.09. The van der Waals surface area contributed by atoms with E-state index in [1.54, 1.807) is 24.3 Å². The second kappa shape index (κ2) is 2.34. The normalized spacial score (nSPS) is 10.3. The van der Waals surface area contributed by atoms with Crippen molar-refractivity contribution in [1.82, 2.24) is 9.71 Å². The highest BCUT2D eigenvalue weighted by molar-refractivity contribution is 5.73. The van der Waals surface area contributed by atoms with E-state index in [1.807, 2.05) is 0 Å². The molecule has 1 heterocycles. The van der Waals surface area contributed by atoms with Crippen LogP contribution in [0.25, 0.3) is 11.0 Å². The van der Waals surface area contributed by atoms with Gasteiger partial charge in [-0.25, -0.2) is 4.98 Å². The number of rotatable bonds is 0. The van der Waals surface area contributed by atoms with Gasteiger partial charge in [0.05, 0.1) is 11.7 Å². The second-order valence-electron chi connectivity index (χ2n) is 2.40. The Morgan fingerprint density at radius 2 is 2.08 bits per heavy atom. The number of benzene rings is 1. The minimum absolute atomic E-state index is 0.421. The summed E-state index contributed by atoms with van der Waals surface area (Å²) in [7, 11) is 0.